The van der Waals surface area contributed by atoms with Crippen LogP contribution in [-0.4, -0.2) is 52.1 Å². The lowest BCUT2D eigenvalue weighted by Crippen LogP contribution is -2.49. The van der Waals surface area contributed by atoms with E-state index in [2.05, 4.69) is 25.7 Å². The van der Waals surface area contributed by atoms with Gasteiger partial charge in [0, 0.05) is 37.5 Å². The minimum atomic E-state index is -0.685. The number of aryl methyl sites for hydroxylation is 1. The van der Waals surface area contributed by atoms with Crippen LogP contribution in [0.15, 0.2) is 36.7 Å². The second-order valence-electron chi connectivity index (χ2n) is 8.20. The zero-order valence-electron chi connectivity index (χ0n) is 19.5. The summed E-state index contributed by atoms with van der Waals surface area (Å²) in [6, 6.07) is 7.58. The fourth-order valence-electron chi connectivity index (χ4n) is 3.68. The van der Waals surface area contributed by atoms with E-state index in [1.165, 1.54) is 0 Å². The van der Waals surface area contributed by atoms with Crippen molar-refractivity contribution in [2.24, 2.45) is 0 Å². The number of methoxy groups -OCH3 is 1. The number of anilines is 3. The van der Waals surface area contributed by atoms with Crippen molar-refractivity contribution in [1.82, 2.24) is 19.7 Å². The van der Waals surface area contributed by atoms with Gasteiger partial charge in [0.05, 0.1) is 48.7 Å². The van der Waals surface area contributed by atoms with E-state index in [1.807, 2.05) is 74.1 Å². The van der Waals surface area contributed by atoms with Crippen molar-refractivity contribution in [1.29, 1.82) is 0 Å². The Morgan fingerprint density at radius 3 is 2.85 bits per heavy atom. The van der Waals surface area contributed by atoms with Gasteiger partial charge in [0.25, 0.3) is 5.91 Å². The van der Waals surface area contributed by atoms with E-state index in [0.717, 1.165) is 22.6 Å². The number of amides is 1. The molecule has 0 aromatic carbocycles. The SMILES string of the molecule is COc1cccc(Cn2cc(CNc3cc4c(c(C)n3)NC(=O)C(OC(C)C)N4C)cn2)n1. The van der Waals surface area contributed by atoms with E-state index in [0.29, 0.717) is 30.5 Å². The van der Waals surface area contributed by atoms with Crippen molar-refractivity contribution in [2.45, 2.75) is 46.2 Å². The van der Waals surface area contributed by atoms with Gasteiger partial charge in [0.15, 0.2) is 0 Å². The van der Waals surface area contributed by atoms with Crippen LogP contribution in [0.4, 0.5) is 17.2 Å². The maximum Gasteiger partial charge on any atom is 0.274 e. The highest BCUT2D eigenvalue weighted by molar-refractivity contribution is 6.03. The lowest BCUT2D eigenvalue weighted by molar-refractivity contribution is -0.130. The van der Waals surface area contributed by atoms with Crippen LogP contribution in [0.3, 0.4) is 0 Å². The number of fused-ring (bicyclic) bond motifs is 1. The third-order valence-electron chi connectivity index (χ3n) is 5.26. The molecule has 0 radical (unpaired) electrons. The first-order chi connectivity index (χ1) is 15.8. The first kappa shape index (κ1) is 22.5. The van der Waals surface area contributed by atoms with Gasteiger partial charge < -0.3 is 25.0 Å². The molecule has 4 rings (SSSR count). The molecular formula is C23H29N7O3. The maximum absolute atomic E-state index is 12.5. The molecule has 0 fully saturated rings. The predicted molar refractivity (Wildman–Crippen MR) is 125 cm³/mol. The highest BCUT2D eigenvalue weighted by atomic mass is 16.5. The van der Waals surface area contributed by atoms with Gasteiger partial charge in [-0.3, -0.25) is 9.48 Å². The third kappa shape index (κ3) is 5.06. The Hall–Kier alpha value is -3.66. The monoisotopic (exact) mass is 451 g/mol. The van der Waals surface area contributed by atoms with E-state index < -0.39 is 6.23 Å². The highest BCUT2D eigenvalue weighted by Gasteiger charge is 2.33. The third-order valence-corrected chi connectivity index (χ3v) is 5.26. The predicted octanol–water partition coefficient (Wildman–Crippen LogP) is 2.79. The smallest absolute Gasteiger partial charge is 0.274 e. The molecule has 33 heavy (non-hydrogen) atoms. The molecule has 0 saturated heterocycles. The fourth-order valence-corrected chi connectivity index (χ4v) is 3.68. The van der Waals surface area contributed by atoms with Crippen molar-refractivity contribution in [3.05, 3.63) is 53.6 Å². The Bertz CT molecular complexity index is 1140. The number of carbonyl (C=O) groups is 1. The van der Waals surface area contributed by atoms with Crippen LogP contribution in [0, 0.1) is 6.92 Å². The number of rotatable bonds is 8. The van der Waals surface area contributed by atoms with E-state index in [-0.39, 0.29) is 12.0 Å². The minimum Gasteiger partial charge on any atom is -0.481 e. The van der Waals surface area contributed by atoms with Crippen LogP contribution >= 0.6 is 0 Å². The molecule has 0 aliphatic carbocycles. The van der Waals surface area contributed by atoms with E-state index >= 15 is 0 Å². The van der Waals surface area contributed by atoms with Crippen LogP contribution < -0.4 is 20.3 Å². The number of hydrogen-bond donors (Lipinski definition) is 2. The summed E-state index contributed by atoms with van der Waals surface area (Å²) in [6.45, 7) is 6.80. The number of likely N-dealkylation sites (N-methyl/N-ethyl adjacent to an activating group) is 1. The summed E-state index contributed by atoms with van der Waals surface area (Å²) in [5.74, 6) is 1.10. The largest absolute Gasteiger partial charge is 0.481 e. The fraction of sp³-hybridized carbons (Fsp3) is 0.391. The van der Waals surface area contributed by atoms with E-state index in [9.17, 15) is 4.79 Å². The first-order valence-corrected chi connectivity index (χ1v) is 10.8. The van der Waals surface area contributed by atoms with Gasteiger partial charge in [-0.2, -0.15) is 5.10 Å². The molecule has 1 amide bonds. The Labute approximate surface area is 192 Å². The minimum absolute atomic E-state index is 0.0750. The molecule has 0 bridgehead atoms. The molecule has 0 spiro atoms. The number of carbonyl (C=O) groups excluding carboxylic acids is 1. The number of ether oxygens (including phenoxy) is 2. The lowest BCUT2D eigenvalue weighted by atomic mass is 10.1. The summed E-state index contributed by atoms with van der Waals surface area (Å²) >= 11 is 0. The first-order valence-electron chi connectivity index (χ1n) is 10.8. The molecule has 10 heteroatoms. The zero-order valence-corrected chi connectivity index (χ0v) is 19.5. The van der Waals surface area contributed by atoms with Gasteiger partial charge in [0.2, 0.25) is 12.1 Å². The number of nitrogens with one attached hydrogen (secondary N) is 2. The van der Waals surface area contributed by atoms with Gasteiger partial charge in [0.1, 0.15) is 5.82 Å². The van der Waals surface area contributed by atoms with Crippen LogP contribution in [0.25, 0.3) is 0 Å². The molecule has 3 aromatic rings. The number of hydrogen-bond acceptors (Lipinski definition) is 8. The average molecular weight is 452 g/mol. The topological polar surface area (TPSA) is 106 Å². The lowest BCUT2D eigenvalue weighted by Gasteiger charge is -2.36. The molecule has 1 aliphatic heterocycles. The van der Waals surface area contributed by atoms with Crippen LogP contribution in [0.5, 0.6) is 5.88 Å². The second-order valence-corrected chi connectivity index (χ2v) is 8.20. The molecule has 4 heterocycles. The van der Waals surface area contributed by atoms with Crippen LogP contribution in [0.2, 0.25) is 0 Å². The van der Waals surface area contributed by atoms with Gasteiger partial charge in [-0.25, -0.2) is 9.97 Å². The summed E-state index contributed by atoms with van der Waals surface area (Å²) in [5.41, 5.74) is 4.17. The van der Waals surface area contributed by atoms with Crippen molar-refractivity contribution >= 4 is 23.1 Å². The molecule has 1 unspecified atom stereocenters. The maximum atomic E-state index is 12.5. The van der Waals surface area contributed by atoms with Crippen LogP contribution in [0.1, 0.15) is 30.8 Å². The zero-order chi connectivity index (χ0) is 23.5. The molecule has 0 saturated carbocycles. The van der Waals surface area contributed by atoms with Crippen molar-refractivity contribution < 1.29 is 14.3 Å². The van der Waals surface area contributed by atoms with Crippen molar-refractivity contribution in [3.63, 3.8) is 0 Å². The summed E-state index contributed by atoms with van der Waals surface area (Å²) < 4.78 is 12.8. The second kappa shape index (κ2) is 9.45. The van der Waals surface area contributed by atoms with Gasteiger partial charge in [-0.05, 0) is 26.8 Å². The Morgan fingerprint density at radius 2 is 2.09 bits per heavy atom. The molecule has 3 aromatic heterocycles. The average Bonchev–Trinajstić information content (AvgIpc) is 3.23. The number of pyridine rings is 2. The number of nitrogens with zero attached hydrogens (tertiary/aromatic N) is 5. The summed E-state index contributed by atoms with van der Waals surface area (Å²) in [7, 11) is 3.45. The Balaban J connectivity index is 1.45. The molecule has 1 atom stereocenters. The van der Waals surface area contributed by atoms with Gasteiger partial charge >= 0.3 is 0 Å². The van der Waals surface area contributed by atoms with Gasteiger partial charge in [-0.15, -0.1) is 0 Å². The van der Waals surface area contributed by atoms with Crippen molar-refractivity contribution in [3.8, 4) is 5.88 Å². The highest BCUT2D eigenvalue weighted by Crippen LogP contribution is 2.35. The van der Waals surface area contributed by atoms with Crippen LogP contribution in [-0.2, 0) is 22.6 Å². The number of aromatic nitrogens is 4. The molecular weight excluding hydrogens is 422 g/mol. The summed E-state index contributed by atoms with van der Waals surface area (Å²) in [4.78, 5) is 23.3. The molecule has 10 nitrogen and oxygen atoms in total. The molecule has 174 valence electrons. The quantitative estimate of drug-likeness (QED) is 0.539. The standard InChI is InChI=1S/C23H29N7O3/c1-14(2)33-23-22(31)28-21-15(3)26-19(9-18(21)29(23)4)24-10-16-11-25-30(12-16)13-17-7-6-8-20(27-17)32-5/h6-9,11-12,14,23H,10,13H2,1-5H3,(H,24,26)(H,28,31). The Morgan fingerprint density at radius 1 is 1.27 bits per heavy atom. The molecule has 1 aliphatic rings. The van der Waals surface area contributed by atoms with Gasteiger partial charge in [-0.1, -0.05) is 6.07 Å². The summed E-state index contributed by atoms with van der Waals surface area (Å²) in [6.07, 6.45) is 3.03. The van der Waals surface area contributed by atoms with E-state index in [4.69, 9.17) is 9.47 Å². The van der Waals surface area contributed by atoms with Crippen molar-refractivity contribution in [2.75, 3.05) is 29.7 Å². The van der Waals surface area contributed by atoms with E-state index in [1.54, 1.807) is 7.11 Å². The molecule has 2 N–H and O–H groups in total. The normalized spacial score (nSPS) is 15.4. The summed E-state index contributed by atoms with van der Waals surface area (Å²) in [5, 5.41) is 10.7. The Kier molecular flexibility index (Phi) is 6.45.